The Labute approximate surface area is 165 Å². The van der Waals surface area contributed by atoms with Gasteiger partial charge in [0.2, 0.25) is 10.0 Å². The molecular formula is C17H21Br2N3O2S. The molecule has 5 nitrogen and oxygen atoms in total. The van der Waals surface area contributed by atoms with Gasteiger partial charge in [-0.25, -0.2) is 13.1 Å². The minimum Gasteiger partial charge on any atom is -0.399 e. The lowest BCUT2D eigenvalue weighted by atomic mass is 10.2. The number of anilines is 1. The average molecular weight is 491 g/mol. The molecule has 0 radical (unpaired) electrons. The summed E-state index contributed by atoms with van der Waals surface area (Å²) in [5.74, 6) is 0. The summed E-state index contributed by atoms with van der Waals surface area (Å²) in [5, 5.41) is 0. The van der Waals surface area contributed by atoms with Crippen molar-refractivity contribution in [3.05, 3.63) is 57.0 Å². The first-order chi connectivity index (χ1) is 11.8. The summed E-state index contributed by atoms with van der Waals surface area (Å²) >= 11 is 6.53. The topological polar surface area (TPSA) is 75.4 Å². The Kier molecular flexibility index (Phi) is 7.45. The Morgan fingerprint density at radius 3 is 2.32 bits per heavy atom. The van der Waals surface area contributed by atoms with Crippen molar-refractivity contribution in [3.8, 4) is 0 Å². The summed E-state index contributed by atoms with van der Waals surface area (Å²) in [6, 6.07) is 13.3. The van der Waals surface area contributed by atoms with Crippen LogP contribution in [0.15, 0.2) is 56.3 Å². The monoisotopic (exact) mass is 489 g/mol. The number of hydrogen-bond acceptors (Lipinski definition) is 4. The summed E-state index contributed by atoms with van der Waals surface area (Å²) in [5.41, 5.74) is 7.43. The number of hydrogen-bond donors (Lipinski definition) is 2. The van der Waals surface area contributed by atoms with E-state index in [1.54, 1.807) is 12.1 Å². The molecule has 136 valence electrons. The van der Waals surface area contributed by atoms with Crippen LogP contribution in [0.1, 0.15) is 12.0 Å². The van der Waals surface area contributed by atoms with Gasteiger partial charge in [-0.3, -0.25) is 0 Å². The highest BCUT2D eigenvalue weighted by Gasteiger charge is 2.21. The number of nitrogens with one attached hydrogen (secondary N) is 1. The molecule has 2 aromatic rings. The van der Waals surface area contributed by atoms with Crippen LogP contribution in [0.2, 0.25) is 0 Å². The molecule has 0 atom stereocenters. The van der Waals surface area contributed by atoms with Crippen LogP contribution in [0.5, 0.6) is 0 Å². The third-order valence-corrected chi connectivity index (χ3v) is 6.93. The first kappa shape index (κ1) is 20.4. The molecule has 2 aromatic carbocycles. The molecule has 0 saturated heterocycles. The van der Waals surface area contributed by atoms with Crippen molar-refractivity contribution in [2.24, 2.45) is 0 Å². The second-order valence-electron chi connectivity index (χ2n) is 5.79. The highest BCUT2D eigenvalue weighted by Crippen LogP contribution is 2.32. The molecule has 0 aliphatic heterocycles. The Balaban J connectivity index is 1.87. The van der Waals surface area contributed by atoms with E-state index in [-0.39, 0.29) is 4.90 Å². The molecule has 3 N–H and O–H groups in total. The Hall–Kier alpha value is -0.930. The second kappa shape index (κ2) is 9.14. The third kappa shape index (κ3) is 6.07. The SMILES string of the molecule is CN(CCCNS(=O)(=O)c1c(Br)cc(N)cc1Br)Cc1ccccc1. The van der Waals surface area contributed by atoms with E-state index in [1.165, 1.54) is 5.56 Å². The van der Waals surface area contributed by atoms with E-state index in [0.717, 1.165) is 13.1 Å². The van der Waals surface area contributed by atoms with Crippen LogP contribution in [0.4, 0.5) is 5.69 Å². The van der Waals surface area contributed by atoms with Gasteiger partial charge in [-0.05, 0) is 69.6 Å². The zero-order valence-corrected chi connectivity index (χ0v) is 17.9. The standard InChI is InChI=1S/C17H21Br2N3O2S/c1-22(12-13-6-3-2-4-7-13)9-5-8-21-25(23,24)17-15(18)10-14(20)11-16(17)19/h2-4,6-7,10-11,21H,5,8-9,12,20H2,1H3. The van der Waals surface area contributed by atoms with Crippen LogP contribution >= 0.6 is 31.9 Å². The molecule has 0 aromatic heterocycles. The van der Waals surface area contributed by atoms with Crippen molar-refractivity contribution in [3.63, 3.8) is 0 Å². The second-order valence-corrected chi connectivity index (χ2v) is 9.20. The molecule has 0 heterocycles. The summed E-state index contributed by atoms with van der Waals surface area (Å²) in [7, 11) is -1.59. The minimum atomic E-state index is -3.61. The maximum Gasteiger partial charge on any atom is 0.242 e. The van der Waals surface area contributed by atoms with Crippen LogP contribution in [-0.2, 0) is 16.6 Å². The highest BCUT2D eigenvalue weighted by atomic mass is 79.9. The van der Waals surface area contributed by atoms with Crippen molar-refractivity contribution >= 4 is 47.6 Å². The fourth-order valence-electron chi connectivity index (χ4n) is 2.44. The van der Waals surface area contributed by atoms with Crippen LogP contribution in [0.3, 0.4) is 0 Å². The van der Waals surface area contributed by atoms with E-state index in [4.69, 9.17) is 5.73 Å². The fourth-order valence-corrected chi connectivity index (χ4v) is 6.13. The lowest BCUT2D eigenvalue weighted by Gasteiger charge is -2.17. The fraction of sp³-hybridized carbons (Fsp3) is 0.294. The van der Waals surface area contributed by atoms with Crippen molar-refractivity contribution in [2.75, 3.05) is 25.9 Å². The zero-order chi connectivity index (χ0) is 18.4. The summed E-state index contributed by atoms with van der Waals surface area (Å²) in [4.78, 5) is 2.33. The number of halogens is 2. The number of rotatable bonds is 8. The Morgan fingerprint density at radius 2 is 1.72 bits per heavy atom. The third-order valence-electron chi connectivity index (χ3n) is 3.59. The van der Waals surface area contributed by atoms with E-state index in [1.807, 2.05) is 25.2 Å². The maximum absolute atomic E-state index is 12.5. The molecule has 0 saturated carbocycles. The van der Waals surface area contributed by atoms with Crippen molar-refractivity contribution < 1.29 is 8.42 Å². The van der Waals surface area contributed by atoms with E-state index < -0.39 is 10.0 Å². The largest absolute Gasteiger partial charge is 0.399 e. The Morgan fingerprint density at radius 1 is 1.12 bits per heavy atom. The van der Waals surface area contributed by atoms with Crippen LogP contribution < -0.4 is 10.5 Å². The average Bonchev–Trinajstić information content (AvgIpc) is 2.51. The molecule has 0 spiro atoms. The molecule has 25 heavy (non-hydrogen) atoms. The van der Waals surface area contributed by atoms with Gasteiger partial charge in [0.05, 0.1) is 0 Å². The zero-order valence-electron chi connectivity index (χ0n) is 13.9. The number of nitrogen functional groups attached to an aromatic ring is 1. The number of nitrogens with zero attached hydrogens (tertiary/aromatic N) is 1. The number of nitrogens with two attached hydrogens (primary N) is 1. The highest BCUT2D eigenvalue weighted by molar-refractivity contribution is 9.11. The van der Waals surface area contributed by atoms with Crippen molar-refractivity contribution in [1.29, 1.82) is 0 Å². The lowest BCUT2D eigenvalue weighted by molar-refractivity contribution is 0.322. The number of sulfonamides is 1. The lowest BCUT2D eigenvalue weighted by Crippen LogP contribution is -2.28. The van der Waals surface area contributed by atoms with Gasteiger partial charge in [-0.2, -0.15) is 0 Å². The van der Waals surface area contributed by atoms with Crippen LogP contribution in [0, 0.1) is 0 Å². The minimum absolute atomic E-state index is 0.166. The first-order valence-electron chi connectivity index (χ1n) is 7.76. The van der Waals surface area contributed by atoms with Gasteiger partial charge >= 0.3 is 0 Å². The van der Waals surface area contributed by atoms with Gasteiger partial charge in [0.1, 0.15) is 4.90 Å². The van der Waals surface area contributed by atoms with Gasteiger partial charge in [0.15, 0.2) is 0 Å². The molecule has 0 fully saturated rings. The molecule has 0 unspecified atom stereocenters. The Bertz CT molecular complexity index is 791. The van der Waals surface area contributed by atoms with Gasteiger partial charge in [-0.1, -0.05) is 30.3 Å². The van der Waals surface area contributed by atoms with Gasteiger partial charge in [-0.15, -0.1) is 0 Å². The summed E-state index contributed by atoms with van der Waals surface area (Å²) in [6.07, 6.45) is 0.715. The van der Waals surface area contributed by atoms with Crippen LogP contribution in [0.25, 0.3) is 0 Å². The normalized spacial score (nSPS) is 11.8. The summed E-state index contributed by atoms with van der Waals surface area (Å²) < 4.78 is 28.5. The predicted octanol–water partition coefficient (Wildman–Crippen LogP) is 3.59. The smallest absolute Gasteiger partial charge is 0.242 e. The van der Waals surface area contributed by atoms with E-state index in [9.17, 15) is 8.42 Å². The molecule has 0 aliphatic carbocycles. The molecule has 8 heteroatoms. The molecule has 0 amide bonds. The van der Waals surface area contributed by atoms with Crippen molar-refractivity contribution in [1.82, 2.24) is 9.62 Å². The first-order valence-corrected chi connectivity index (χ1v) is 10.8. The molecule has 0 aliphatic rings. The van der Waals surface area contributed by atoms with Gasteiger partial charge < -0.3 is 10.6 Å². The predicted molar refractivity (Wildman–Crippen MR) is 109 cm³/mol. The molecule has 0 bridgehead atoms. The molecular weight excluding hydrogens is 470 g/mol. The molecule has 2 rings (SSSR count). The maximum atomic E-state index is 12.5. The van der Waals surface area contributed by atoms with Gasteiger partial charge in [0, 0.05) is 27.7 Å². The van der Waals surface area contributed by atoms with E-state index in [0.29, 0.717) is 27.6 Å². The summed E-state index contributed by atoms with van der Waals surface area (Å²) in [6.45, 7) is 1.99. The van der Waals surface area contributed by atoms with E-state index >= 15 is 0 Å². The van der Waals surface area contributed by atoms with Gasteiger partial charge in [0.25, 0.3) is 0 Å². The van der Waals surface area contributed by atoms with Crippen LogP contribution in [-0.4, -0.2) is 33.5 Å². The van der Waals surface area contributed by atoms with E-state index in [2.05, 4.69) is 53.6 Å². The van der Waals surface area contributed by atoms with Crippen molar-refractivity contribution in [2.45, 2.75) is 17.9 Å². The number of benzene rings is 2. The quantitative estimate of drug-likeness (QED) is 0.438.